The molecule has 1 aromatic carbocycles. The van der Waals surface area contributed by atoms with Gasteiger partial charge in [-0.3, -0.25) is 4.79 Å². The van der Waals surface area contributed by atoms with Gasteiger partial charge in [0.2, 0.25) is 10.0 Å². The molecule has 2 rings (SSSR count). The summed E-state index contributed by atoms with van der Waals surface area (Å²) in [6, 6.07) is 4.51. The molecule has 142 valence electrons. The number of amides is 1. The predicted octanol–water partition coefficient (Wildman–Crippen LogP) is 1.10. The standard InChI is InChI=1S/C16H25N3O4S.ClH/c1-17-10-12-5-4-8-19(11-12)16(20)13-6-7-14(23-3)15(9-13)24(21,22)18-2;/h6-7,9,12,17-18H,4-5,8,10-11H2,1-3H3;1H. The van der Waals surface area contributed by atoms with Gasteiger partial charge < -0.3 is 15.0 Å². The smallest absolute Gasteiger partial charge is 0.253 e. The van der Waals surface area contributed by atoms with Gasteiger partial charge in [0.05, 0.1) is 7.11 Å². The summed E-state index contributed by atoms with van der Waals surface area (Å²) >= 11 is 0. The number of nitrogens with one attached hydrogen (secondary N) is 2. The maximum absolute atomic E-state index is 12.8. The first-order chi connectivity index (χ1) is 11.4. The third-order valence-corrected chi connectivity index (χ3v) is 5.70. The van der Waals surface area contributed by atoms with Gasteiger partial charge in [0.1, 0.15) is 10.6 Å². The van der Waals surface area contributed by atoms with Crippen molar-refractivity contribution in [2.75, 3.05) is 40.8 Å². The zero-order valence-corrected chi connectivity index (χ0v) is 16.4. The van der Waals surface area contributed by atoms with Crippen LogP contribution in [0.25, 0.3) is 0 Å². The first-order valence-electron chi connectivity index (χ1n) is 7.98. The van der Waals surface area contributed by atoms with Crippen LogP contribution in [0.3, 0.4) is 0 Å². The molecule has 1 aliphatic rings. The molecule has 0 bridgehead atoms. The van der Waals surface area contributed by atoms with Crippen LogP contribution in [0.1, 0.15) is 23.2 Å². The molecule has 1 unspecified atom stereocenters. The summed E-state index contributed by atoms with van der Waals surface area (Å²) in [4.78, 5) is 14.5. The fourth-order valence-electron chi connectivity index (χ4n) is 3.02. The first-order valence-corrected chi connectivity index (χ1v) is 9.46. The van der Waals surface area contributed by atoms with Crippen LogP contribution in [-0.4, -0.2) is 60.1 Å². The minimum atomic E-state index is -3.70. The maximum Gasteiger partial charge on any atom is 0.253 e. The van der Waals surface area contributed by atoms with Gasteiger partial charge in [0, 0.05) is 18.7 Å². The van der Waals surface area contributed by atoms with Crippen molar-refractivity contribution in [2.45, 2.75) is 17.7 Å². The van der Waals surface area contributed by atoms with Crippen molar-refractivity contribution in [3.8, 4) is 5.75 Å². The van der Waals surface area contributed by atoms with Gasteiger partial charge >= 0.3 is 0 Å². The molecule has 0 aliphatic carbocycles. The fraction of sp³-hybridized carbons (Fsp3) is 0.562. The number of ether oxygens (including phenoxy) is 1. The monoisotopic (exact) mass is 391 g/mol. The molecule has 0 radical (unpaired) electrons. The molecule has 2 N–H and O–H groups in total. The zero-order chi connectivity index (χ0) is 17.7. The summed E-state index contributed by atoms with van der Waals surface area (Å²) in [5, 5.41) is 3.15. The number of likely N-dealkylation sites (tertiary alicyclic amines) is 1. The highest BCUT2D eigenvalue weighted by atomic mass is 35.5. The Morgan fingerprint density at radius 2 is 2.08 bits per heavy atom. The Kier molecular flexibility index (Phi) is 8.14. The number of carbonyl (C=O) groups excluding carboxylic acids is 1. The molecule has 0 saturated carbocycles. The number of benzene rings is 1. The van der Waals surface area contributed by atoms with Gasteiger partial charge in [0.25, 0.3) is 5.91 Å². The molecular formula is C16H26ClN3O4S. The van der Waals surface area contributed by atoms with E-state index in [-0.39, 0.29) is 29.0 Å². The lowest BCUT2D eigenvalue weighted by molar-refractivity contribution is 0.0674. The maximum atomic E-state index is 12.8. The second-order valence-electron chi connectivity index (χ2n) is 5.89. The second kappa shape index (κ2) is 9.38. The van der Waals surface area contributed by atoms with Crippen molar-refractivity contribution < 1.29 is 17.9 Å². The third-order valence-electron chi connectivity index (χ3n) is 4.27. The molecule has 9 heteroatoms. The minimum Gasteiger partial charge on any atom is -0.495 e. The molecule has 1 atom stereocenters. The largest absolute Gasteiger partial charge is 0.495 e. The highest BCUT2D eigenvalue weighted by molar-refractivity contribution is 7.89. The number of rotatable bonds is 6. The van der Waals surface area contributed by atoms with Crippen LogP contribution in [0.15, 0.2) is 23.1 Å². The second-order valence-corrected chi connectivity index (χ2v) is 7.75. The summed E-state index contributed by atoms with van der Waals surface area (Å²) in [5.41, 5.74) is 0.356. The van der Waals surface area contributed by atoms with Crippen molar-refractivity contribution in [1.82, 2.24) is 14.9 Å². The van der Waals surface area contributed by atoms with Crippen molar-refractivity contribution in [2.24, 2.45) is 5.92 Å². The summed E-state index contributed by atoms with van der Waals surface area (Å²) in [6.45, 7) is 2.24. The van der Waals surface area contributed by atoms with Crippen molar-refractivity contribution in [3.63, 3.8) is 0 Å². The van der Waals surface area contributed by atoms with Crippen molar-refractivity contribution in [1.29, 1.82) is 0 Å². The quantitative estimate of drug-likeness (QED) is 0.758. The van der Waals surface area contributed by atoms with Gasteiger partial charge in [-0.25, -0.2) is 13.1 Å². The Bertz CT molecular complexity index is 695. The van der Waals surface area contributed by atoms with Crippen molar-refractivity contribution in [3.05, 3.63) is 23.8 Å². The number of halogens is 1. The Morgan fingerprint density at radius 3 is 2.68 bits per heavy atom. The molecule has 25 heavy (non-hydrogen) atoms. The van der Waals surface area contributed by atoms with Gasteiger partial charge in [-0.2, -0.15) is 0 Å². The van der Waals surface area contributed by atoms with Gasteiger partial charge in [-0.15, -0.1) is 12.4 Å². The average molecular weight is 392 g/mol. The number of methoxy groups -OCH3 is 1. The van der Waals surface area contributed by atoms with Gasteiger partial charge in [-0.05, 0) is 57.6 Å². The molecule has 1 amide bonds. The number of hydrogen-bond acceptors (Lipinski definition) is 5. The number of nitrogens with zero attached hydrogens (tertiary/aromatic N) is 1. The summed E-state index contributed by atoms with van der Waals surface area (Å²) in [6.07, 6.45) is 2.04. The number of piperidine rings is 1. The highest BCUT2D eigenvalue weighted by Gasteiger charge is 2.26. The van der Waals surface area contributed by atoms with Gasteiger partial charge in [-0.1, -0.05) is 0 Å². The van der Waals surface area contributed by atoms with Crippen LogP contribution >= 0.6 is 12.4 Å². The average Bonchev–Trinajstić information content (AvgIpc) is 2.61. The predicted molar refractivity (Wildman–Crippen MR) is 99.0 cm³/mol. The lowest BCUT2D eigenvalue weighted by Crippen LogP contribution is -2.42. The van der Waals surface area contributed by atoms with E-state index in [2.05, 4.69) is 10.0 Å². The minimum absolute atomic E-state index is 0. The topological polar surface area (TPSA) is 87.7 Å². The number of sulfonamides is 1. The molecule has 1 saturated heterocycles. The van der Waals surface area contributed by atoms with Crippen molar-refractivity contribution >= 4 is 28.3 Å². The highest BCUT2D eigenvalue weighted by Crippen LogP contribution is 2.26. The van der Waals surface area contributed by atoms with Crippen LogP contribution in [0.4, 0.5) is 0 Å². The first kappa shape index (κ1) is 21.7. The Labute approximate surface area is 155 Å². The van der Waals surface area contributed by atoms with Gasteiger partial charge in [0.15, 0.2) is 0 Å². The van der Waals surface area contributed by atoms with Crippen LogP contribution < -0.4 is 14.8 Å². The van der Waals surface area contributed by atoms with E-state index in [0.717, 1.165) is 19.4 Å². The molecule has 1 fully saturated rings. The summed E-state index contributed by atoms with van der Waals surface area (Å²) < 4.78 is 31.7. The third kappa shape index (κ3) is 5.07. The van der Waals surface area contributed by atoms with Crippen LogP contribution in [-0.2, 0) is 10.0 Å². The Morgan fingerprint density at radius 1 is 1.36 bits per heavy atom. The van der Waals surface area contributed by atoms with E-state index < -0.39 is 10.0 Å². The lowest BCUT2D eigenvalue weighted by Gasteiger charge is -2.33. The molecule has 1 heterocycles. The normalized spacial score (nSPS) is 17.7. The lowest BCUT2D eigenvalue weighted by atomic mass is 9.97. The van der Waals surface area contributed by atoms with E-state index in [4.69, 9.17) is 4.74 Å². The van der Waals surface area contributed by atoms with Crippen LogP contribution in [0.5, 0.6) is 5.75 Å². The molecular weight excluding hydrogens is 366 g/mol. The van der Waals surface area contributed by atoms with Crippen LogP contribution in [0, 0.1) is 5.92 Å². The molecule has 1 aliphatic heterocycles. The summed E-state index contributed by atoms with van der Waals surface area (Å²) in [7, 11) is 0.930. The van der Waals surface area contributed by atoms with Crippen LogP contribution in [0.2, 0.25) is 0 Å². The molecule has 7 nitrogen and oxygen atoms in total. The molecule has 0 spiro atoms. The van der Waals surface area contributed by atoms with E-state index in [0.29, 0.717) is 24.6 Å². The van der Waals surface area contributed by atoms with E-state index in [1.165, 1.54) is 26.3 Å². The Hall–Kier alpha value is -1.35. The number of hydrogen-bond donors (Lipinski definition) is 2. The van der Waals surface area contributed by atoms with E-state index in [1.807, 2.05) is 7.05 Å². The van der Waals surface area contributed by atoms with E-state index in [1.54, 1.807) is 11.0 Å². The SMILES string of the molecule is CNCC1CCCN(C(=O)c2ccc(OC)c(S(=O)(=O)NC)c2)C1.Cl. The Balaban J connectivity index is 0.00000312. The molecule has 1 aromatic rings. The zero-order valence-electron chi connectivity index (χ0n) is 14.7. The van der Waals surface area contributed by atoms with E-state index >= 15 is 0 Å². The van der Waals surface area contributed by atoms with E-state index in [9.17, 15) is 13.2 Å². The number of carbonyl (C=O) groups is 1. The summed E-state index contributed by atoms with van der Waals surface area (Å²) in [5.74, 6) is 0.491. The molecule has 0 aromatic heterocycles. The fourth-order valence-corrected chi connectivity index (χ4v) is 3.94.